The second-order valence-corrected chi connectivity index (χ2v) is 4.86. The van der Waals surface area contributed by atoms with Crippen molar-refractivity contribution in [3.05, 3.63) is 53.6 Å². The minimum Gasteiger partial charge on any atom is -0.326 e. The van der Waals surface area contributed by atoms with E-state index in [-0.39, 0.29) is 11.7 Å². The van der Waals surface area contributed by atoms with Gasteiger partial charge in [0.1, 0.15) is 0 Å². The number of hydrogen-bond donors (Lipinski definition) is 1. The molecule has 0 aromatic heterocycles. The predicted molar refractivity (Wildman–Crippen MR) is 80.9 cm³/mol. The summed E-state index contributed by atoms with van der Waals surface area (Å²) in [6.45, 7) is 5.02. The van der Waals surface area contributed by atoms with Crippen molar-refractivity contribution >= 4 is 17.4 Å². The van der Waals surface area contributed by atoms with Crippen LogP contribution in [0.5, 0.6) is 0 Å². The first-order valence-electron chi connectivity index (χ1n) is 6.47. The van der Waals surface area contributed by atoms with Crippen LogP contribution in [0.15, 0.2) is 42.5 Å². The van der Waals surface area contributed by atoms with Crippen LogP contribution in [0.2, 0.25) is 0 Å². The van der Waals surface area contributed by atoms with Crippen molar-refractivity contribution in [2.24, 2.45) is 0 Å². The van der Waals surface area contributed by atoms with Gasteiger partial charge in [-0.3, -0.25) is 9.59 Å². The van der Waals surface area contributed by atoms with E-state index < -0.39 is 0 Å². The molecule has 0 aliphatic rings. The van der Waals surface area contributed by atoms with E-state index in [9.17, 15) is 9.59 Å². The highest BCUT2D eigenvalue weighted by Gasteiger charge is 2.09. The Morgan fingerprint density at radius 2 is 1.60 bits per heavy atom. The van der Waals surface area contributed by atoms with Crippen molar-refractivity contribution in [1.82, 2.24) is 0 Å². The summed E-state index contributed by atoms with van der Waals surface area (Å²) < 4.78 is 0. The largest absolute Gasteiger partial charge is 0.326 e. The van der Waals surface area contributed by atoms with E-state index in [0.29, 0.717) is 11.3 Å². The van der Waals surface area contributed by atoms with Gasteiger partial charge in [0.25, 0.3) is 0 Å². The lowest BCUT2D eigenvalue weighted by Crippen LogP contribution is -2.07. The quantitative estimate of drug-likeness (QED) is 0.859. The number of anilines is 1. The Balaban J connectivity index is 2.56. The smallest absolute Gasteiger partial charge is 0.221 e. The second-order valence-electron chi connectivity index (χ2n) is 4.86. The molecule has 0 spiro atoms. The zero-order chi connectivity index (χ0) is 14.7. The first-order valence-corrected chi connectivity index (χ1v) is 6.47. The normalized spacial score (nSPS) is 10.2. The van der Waals surface area contributed by atoms with Crippen LogP contribution in [-0.2, 0) is 4.79 Å². The fourth-order valence-electron chi connectivity index (χ4n) is 2.03. The van der Waals surface area contributed by atoms with Crippen LogP contribution in [0.4, 0.5) is 5.69 Å². The first kappa shape index (κ1) is 14.0. The topological polar surface area (TPSA) is 46.2 Å². The Kier molecular flexibility index (Phi) is 3.99. The van der Waals surface area contributed by atoms with Crippen molar-refractivity contribution in [3.63, 3.8) is 0 Å². The number of ketones is 1. The van der Waals surface area contributed by atoms with Crippen LogP contribution in [0.3, 0.4) is 0 Å². The molecule has 0 bridgehead atoms. The highest BCUT2D eigenvalue weighted by molar-refractivity contribution is 5.99. The monoisotopic (exact) mass is 267 g/mol. The zero-order valence-electron chi connectivity index (χ0n) is 11.9. The highest BCUT2D eigenvalue weighted by atomic mass is 16.1. The molecule has 0 atom stereocenters. The molecule has 0 aliphatic carbocycles. The molecule has 3 nitrogen and oxygen atoms in total. The molecule has 0 unspecified atom stereocenters. The Bertz CT molecular complexity index is 657. The zero-order valence-corrected chi connectivity index (χ0v) is 11.9. The molecule has 20 heavy (non-hydrogen) atoms. The van der Waals surface area contributed by atoms with Gasteiger partial charge in [-0.2, -0.15) is 0 Å². The third-order valence-corrected chi connectivity index (χ3v) is 3.10. The van der Waals surface area contributed by atoms with Crippen LogP contribution >= 0.6 is 0 Å². The Morgan fingerprint density at radius 1 is 0.950 bits per heavy atom. The maximum absolute atomic E-state index is 11.5. The number of amides is 1. The molecule has 2 aromatic carbocycles. The summed E-state index contributed by atoms with van der Waals surface area (Å²) in [5.41, 5.74) is 4.34. The average Bonchev–Trinajstić information content (AvgIpc) is 2.39. The molecule has 0 saturated carbocycles. The molecule has 2 aromatic rings. The van der Waals surface area contributed by atoms with E-state index in [1.165, 1.54) is 13.8 Å². The van der Waals surface area contributed by atoms with Gasteiger partial charge < -0.3 is 5.32 Å². The molecule has 1 N–H and O–H groups in total. The van der Waals surface area contributed by atoms with Crippen LogP contribution in [0.25, 0.3) is 11.1 Å². The van der Waals surface area contributed by atoms with E-state index in [4.69, 9.17) is 0 Å². The molecule has 0 saturated heterocycles. The Hall–Kier alpha value is -2.42. The molecule has 0 heterocycles. The molecule has 0 aliphatic heterocycles. The molecule has 1 amide bonds. The average molecular weight is 267 g/mol. The van der Waals surface area contributed by atoms with E-state index in [1.807, 2.05) is 37.3 Å². The summed E-state index contributed by atoms with van der Waals surface area (Å²) >= 11 is 0. The summed E-state index contributed by atoms with van der Waals surface area (Å²) in [4.78, 5) is 22.8. The molecule has 3 heteroatoms. The number of carbonyl (C=O) groups excluding carboxylic acids is 2. The maximum Gasteiger partial charge on any atom is 0.221 e. The standard InChI is InChI=1S/C17H17NO2/c1-11-4-6-14(7-5-11)16-10-15(12(2)19)8-9-17(16)18-13(3)20/h4-10H,1-3H3,(H,18,20). The van der Waals surface area contributed by atoms with E-state index in [2.05, 4.69) is 5.32 Å². The first-order chi connectivity index (χ1) is 9.47. The summed E-state index contributed by atoms with van der Waals surface area (Å²) in [6, 6.07) is 13.3. The molecular formula is C17H17NO2. The van der Waals surface area contributed by atoms with Gasteiger partial charge in [0.05, 0.1) is 0 Å². The molecule has 102 valence electrons. The lowest BCUT2D eigenvalue weighted by atomic mass is 9.98. The van der Waals surface area contributed by atoms with Gasteiger partial charge in [0, 0.05) is 23.7 Å². The number of benzene rings is 2. The summed E-state index contributed by atoms with van der Waals surface area (Å²) in [6.07, 6.45) is 0. The van der Waals surface area contributed by atoms with Gasteiger partial charge in [-0.15, -0.1) is 0 Å². The van der Waals surface area contributed by atoms with Crippen LogP contribution in [0.1, 0.15) is 29.8 Å². The fourth-order valence-corrected chi connectivity index (χ4v) is 2.03. The number of carbonyl (C=O) groups is 2. The molecular weight excluding hydrogens is 250 g/mol. The SMILES string of the molecule is CC(=O)Nc1ccc(C(C)=O)cc1-c1ccc(C)cc1. The summed E-state index contributed by atoms with van der Waals surface area (Å²) in [7, 11) is 0. The van der Waals surface area contributed by atoms with E-state index >= 15 is 0 Å². The van der Waals surface area contributed by atoms with Crippen molar-refractivity contribution in [3.8, 4) is 11.1 Å². The van der Waals surface area contributed by atoms with Crippen LogP contribution in [0, 0.1) is 6.92 Å². The highest BCUT2D eigenvalue weighted by Crippen LogP contribution is 2.29. The van der Waals surface area contributed by atoms with Crippen molar-refractivity contribution < 1.29 is 9.59 Å². The predicted octanol–water partition coefficient (Wildman–Crippen LogP) is 3.82. The maximum atomic E-state index is 11.5. The van der Waals surface area contributed by atoms with Crippen molar-refractivity contribution in [2.75, 3.05) is 5.32 Å². The van der Waals surface area contributed by atoms with E-state index in [0.717, 1.165) is 16.7 Å². The van der Waals surface area contributed by atoms with Gasteiger partial charge in [0.15, 0.2) is 5.78 Å². The van der Waals surface area contributed by atoms with E-state index in [1.54, 1.807) is 12.1 Å². The van der Waals surface area contributed by atoms with Gasteiger partial charge in [-0.1, -0.05) is 29.8 Å². The van der Waals surface area contributed by atoms with Crippen molar-refractivity contribution in [1.29, 1.82) is 0 Å². The summed E-state index contributed by atoms with van der Waals surface area (Å²) in [5.74, 6) is -0.123. The molecule has 0 fully saturated rings. The minimum atomic E-state index is -0.131. The lowest BCUT2D eigenvalue weighted by Gasteiger charge is -2.12. The number of Topliss-reactive ketones (excluding diaryl/α,β-unsaturated/α-hetero) is 1. The third kappa shape index (κ3) is 3.12. The van der Waals surface area contributed by atoms with Crippen LogP contribution < -0.4 is 5.32 Å². The number of rotatable bonds is 3. The molecule has 0 radical (unpaired) electrons. The van der Waals surface area contributed by atoms with Gasteiger partial charge in [-0.25, -0.2) is 0 Å². The number of nitrogens with one attached hydrogen (secondary N) is 1. The number of hydrogen-bond acceptors (Lipinski definition) is 2. The Morgan fingerprint density at radius 3 is 2.15 bits per heavy atom. The molecule has 2 rings (SSSR count). The third-order valence-electron chi connectivity index (χ3n) is 3.10. The summed E-state index contributed by atoms with van der Waals surface area (Å²) in [5, 5.41) is 2.80. The Labute approximate surface area is 118 Å². The van der Waals surface area contributed by atoms with Gasteiger partial charge >= 0.3 is 0 Å². The van der Waals surface area contributed by atoms with Crippen LogP contribution in [-0.4, -0.2) is 11.7 Å². The van der Waals surface area contributed by atoms with Crippen molar-refractivity contribution in [2.45, 2.75) is 20.8 Å². The fraction of sp³-hybridized carbons (Fsp3) is 0.176. The number of aryl methyl sites for hydroxylation is 1. The second kappa shape index (κ2) is 5.70. The lowest BCUT2D eigenvalue weighted by molar-refractivity contribution is -0.114. The minimum absolute atomic E-state index is 0.00716. The van der Waals surface area contributed by atoms with Gasteiger partial charge in [0.2, 0.25) is 5.91 Å². The van der Waals surface area contributed by atoms with Gasteiger partial charge in [-0.05, 0) is 37.6 Å².